The summed E-state index contributed by atoms with van der Waals surface area (Å²) < 4.78 is 1.64. The van der Waals surface area contributed by atoms with Crippen molar-refractivity contribution in [2.75, 3.05) is 30.0 Å². The highest BCUT2D eigenvalue weighted by atomic mass is 15.3. The molecule has 2 rings (SSSR count). The number of nitrogens with one attached hydrogen (secondary N) is 1. The van der Waals surface area contributed by atoms with Crippen LogP contribution in [0.5, 0.6) is 0 Å². The van der Waals surface area contributed by atoms with Crippen LogP contribution in [0.25, 0.3) is 0 Å². The molecule has 96 valence electrons. The number of hydrogen-bond donors (Lipinski definition) is 2. The molecule has 0 amide bonds. The zero-order chi connectivity index (χ0) is 13.1. The maximum atomic E-state index is 5.86. The number of anilines is 3. The average Bonchev–Trinajstić information content (AvgIpc) is 2.68. The highest BCUT2D eigenvalue weighted by Gasteiger charge is 2.05. The number of aromatic nitrogens is 4. The number of hydrogen-bond acceptors (Lipinski definition) is 6. The van der Waals surface area contributed by atoms with Crippen LogP contribution in [0.1, 0.15) is 5.56 Å². The molecule has 2 heterocycles. The largest absolute Gasteiger partial charge is 0.384 e. The first-order valence-electron chi connectivity index (χ1n) is 5.58. The van der Waals surface area contributed by atoms with Gasteiger partial charge in [0.2, 0.25) is 5.95 Å². The smallest absolute Gasteiger partial charge is 0.226 e. The van der Waals surface area contributed by atoms with Crippen LogP contribution >= 0.6 is 0 Å². The normalized spacial score (nSPS) is 10.4. The first kappa shape index (κ1) is 12.2. The van der Waals surface area contributed by atoms with Gasteiger partial charge in [0.1, 0.15) is 11.6 Å². The third-order valence-corrected chi connectivity index (χ3v) is 2.57. The van der Waals surface area contributed by atoms with E-state index < -0.39 is 0 Å². The van der Waals surface area contributed by atoms with Crippen LogP contribution in [0.15, 0.2) is 18.5 Å². The van der Waals surface area contributed by atoms with Crippen LogP contribution in [0.4, 0.5) is 17.6 Å². The van der Waals surface area contributed by atoms with Gasteiger partial charge in [-0.2, -0.15) is 10.1 Å². The van der Waals surface area contributed by atoms with E-state index in [1.165, 1.54) is 0 Å². The Labute approximate surface area is 106 Å². The number of rotatable bonds is 4. The van der Waals surface area contributed by atoms with E-state index in [1.807, 2.05) is 32.1 Å². The van der Waals surface area contributed by atoms with Gasteiger partial charge in [0.05, 0.1) is 6.20 Å². The predicted octanol–water partition coefficient (Wildman–Crippen LogP) is 0.470. The van der Waals surface area contributed by atoms with E-state index in [2.05, 4.69) is 20.4 Å². The Morgan fingerprint density at radius 3 is 2.83 bits per heavy atom. The van der Waals surface area contributed by atoms with Crippen molar-refractivity contribution >= 4 is 17.6 Å². The van der Waals surface area contributed by atoms with Crippen molar-refractivity contribution < 1.29 is 0 Å². The predicted molar refractivity (Wildman–Crippen MR) is 71.3 cm³/mol. The summed E-state index contributed by atoms with van der Waals surface area (Å²) in [7, 11) is 5.62. The topological polar surface area (TPSA) is 84.9 Å². The van der Waals surface area contributed by atoms with Gasteiger partial charge in [-0.15, -0.1) is 0 Å². The number of nitrogens with zero attached hydrogens (tertiary/aromatic N) is 5. The molecule has 0 aliphatic carbocycles. The fraction of sp³-hybridized carbons (Fsp3) is 0.364. The lowest BCUT2D eigenvalue weighted by Crippen LogP contribution is -2.13. The molecule has 0 radical (unpaired) electrons. The lowest BCUT2D eigenvalue weighted by molar-refractivity contribution is 0.778. The van der Waals surface area contributed by atoms with Crippen molar-refractivity contribution in [2.24, 2.45) is 7.05 Å². The molecule has 0 unspecified atom stereocenters. The Hall–Kier alpha value is -2.31. The zero-order valence-electron chi connectivity index (χ0n) is 10.8. The summed E-state index contributed by atoms with van der Waals surface area (Å²) in [5, 5.41) is 7.28. The lowest BCUT2D eigenvalue weighted by Gasteiger charge is -2.11. The molecule has 0 saturated heterocycles. The summed E-state index contributed by atoms with van der Waals surface area (Å²) >= 11 is 0. The van der Waals surface area contributed by atoms with Gasteiger partial charge in [0.25, 0.3) is 0 Å². The van der Waals surface area contributed by atoms with Crippen molar-refractivity contribution in [3.8, 4) is 0 Å². The lowest BCUT2D eigenvalue weighted by atomic mass is 10.3. The number of nitrogen functional groups attached to an aromatic ring is 1. The van der Waals surface area contributed by atoms with Gasteiger partial charge in [-0.1, -0.05) is 0 Å². The fourth-order valence-electron chi connectivity index (χ4n) is 1.48. The van der Waals surface area contributed by atoms with Gasteiger partial charge < -0.3 is 16.0 Å². The quantitative estimate of drug-likeness (QED) is 0.817. The third kappa shape index (κ3) is 2.50. The van der Waals surface area contributed by atoms with Crippen molar-refractivity contribution in [3.63, 3.8) is 0 Å². The van der Waals surface area contributed by atoms with Crippen molar-refractivity contribution in [2.45, 2.75) is 6.54 Å². The zero-order valence-corrected chi connectivity index (χ0v) is 10.8. The molecule has 0 bridgehead atoms. The van der Waals surface area contributed by atoms with E-state index >= 15 is 0 Å². The minimum Gasteiger partial charge on any atom is -0.384 e. The van der Waals surface area contributed by atoms with Gasteiger partial charge in [0.15, 0.2) is 0 Å². The first-order chi connectivity index (χ1) is 8.58. The van der Waals surface area contributed by atoms with E-state index in [1.54, 1.807) is 17.1 Å². The summed E-state index contributed by atoms with van der Waals surface area (Å²) in [5.74, 6) is 2.08. The fourth-order valence-corrected chi connectivity index (χ4v) is 1.48. The van der Waals surface area contributed by atoms with E-state index in [0.717, 1.165) is 11.4 Å². The van der Waals surface area contributed by atoms with Gasteiger partial charge >= 0.3 is 0 Å². The summed E-state index contributed by atoms with van der Waals surface area (Å²) in [6, 6.07) is 1.82. The standard InChI is InChI=1S/C11H17N7/c1-17(2)11-13-5-4-9(16-11)14-6-8-7-15-18(3)10(8)12/h4-5,7H,6,12H2,1-3H3,(H,13,14,16). The van der Waals surface area contributed by atoms with E-state index in [0.29, 0.717) is 18.3 Å². The molecule has 2 aromatic heterocycles. The van der Waals surface area contributed by atoms with Crippen LogP contribution in [-0.4, -0.2) is 33.8 Å². The molecule has 0 fully saturated rings. The van der Waals surface area contributed by atoms with Crippen LogP contribution < -0.4 is 16.0 Å². The molecule has 7 heteroatoms. The van der Waals surface area contributed by atoms with Crippen molar-refractivity contribution in [1.29, 1.82) is 0 Å². The van der Waals surface area contributed by atoms with Gasteiger partial charge in [-0.3, -0.25) is 4.68 Å². The maximum absolute atomic E-state index is 5.86. The van der Waals surface area contributed by atoms with Gasteiger partial charge in [-0.25, -0.2) is 4.98 Å². The Morgan fingerprint density at radius 2 is 2.22 bits per heavy atom. The number of aryl methyl sites for hydroxylation is 1. The van der Waals surface area contributed by atoms with Crippen LogP contribution in [0, 0.1) is 0 Å². The molecule has 18 heavy (non-hydrogen) atoms. The molecule has 0 saturated carbocycles. The van der Waals surface area contributed by atoms with E-state index in [4.69, 9.17) is 5.73 Å². The van der Waals surface area contributed by atoms with Gasteiger partial charge in [0, 0.05) is 39.4 Å². The Kier molecular flexibility index (Phi) is 3.31. The monoisotopic (exact) mass is 247 g/mol. The second kappa shape index (κ2) is 4.91. The van der Waals surface area contributed by atoms with Crippen molar-refractivity contribution in [3.05, 3.63) is 24.0 Å². The van der Waals surface area contributed by atoms with Crippen LogP contribution in [0.3, 0.4) is 0 Å². The Bertz CT molecular complexity index is 532. The molecule has 3 N–H and O–H groups in total. The summed E-state index contributed by atoms with van der Waals surface area (Å²) in [4.78, 5) is 10.4. The maximum Gasteiger partial charge on any atom is 0.226 e. The second-order valence-corrected chi connectivity index (χ2v) is 4.17. The highest BCUT2D eigenvalue weighted by molar-refractivity contribution is 5.44. The minimum absolute atomic E-state index is 0.587. The summed E-state index contributed by atoms with van der Waals surface area (Å²) in [6.45, 7) is 0.587. The molecule has 7 nitrogen and oxygen atoms in total. The Morgan fingerprint density at radius 1 is 1.44 bits per heavy atom. The average molecular weight is 247 g/mol. The van der Waals surface area contributed by atoms with Gasteiger partial charge in [-0.05, 0) is 6.07 Å². The molecular weight excluding hydrogens is 230 g/mol. The molecule has 0 spiro atoms. The molecule has 2 aromatic rings. The molecule has 0 atom stereocenters. The molecule has 0 aromatic carbocycles. The molecule has 0 aliphatic heterocycles. The highest BCUT2D eigenvalue weighted by Crippen LogP contribution is 2.13. The summed E-state index contributed by atoms with van der Waals surface area (Å²) in [6.07, 6.45) is 3.47. The summed E-state index contributed by atoms with van der Waals surface area (Å²) in [5.41, 5.74) is 6.81. The molecule has 0 aliphatic rings. The first-order valence-corrected chi connectivity index (χ1v) is 5.58. The SMILES string of the molecule is CN(C)c1nccc(NCc2cnn(C)c2N)n1. The number of nitrogens with two attached hydrogens (primary N) is 1. The second-order valence-electron chi connectivity index (χ2n) is 4.17. The van der Waals surface area contributed by atoms with Crippen molar-refractivity contribution in [1.82, 2.24) is 19.7 Å². The van der Waals surface area contributed by atoms with Crippen LogP contribution in [-0.2, 0) is 13.6 Å². The Balaban J connectivity index is 2.06. The van der Waals surface area contributed by atoms with Crippen LogP contribution in [0.2, 0.25) is 0 Å². The third-order valence-electron chi connectivity index (χ3n) is 2.57. The minimum atomic E-state index is 0.587. The van der Waals surface area contributed by atoms with E-state index in [-0.39, 0.29) is 0 Å². The molecular formula is C11H17N7. The van der Waals surface area contributed by atoms with E-state index in [9.17, 15) is 0 Å².